The van der Waals surface area contributed by atoms with E-state index in [1.54, 1.807) is 0 Å². The number of esters is 2. The zero-order valence-corrected chi connectivity index (χ0v) is 12.6. The first-order chi connectivity index (χ1) is 10.5. The molecule has 2 atom stereocenters. The summed E-state index contributed by atoms with van der Waals surface area (Å²) in [6.07, 6.45) is -0.454. The van der Waals surface area contributed by atoms with E-state index in [-0.39, 0.29) is 38.9 Å². The summed E-state index contributed by atoms with van der Waals surface area (Å²) in [5.74, 6) is -1.14. The van der Waals surface area contributed by atoms with Gasteiger partial charge in [0.2, 0.25) is 12.6 Å². The zero-order chi connectivity index (χ0) is 16.8. The van der Waals surface area contributed by atoms with Gasteiger partial charge in [-0.3, -0.25) is 9.59 Å². The monoisotopic (exact) mass is 322 g/mol. The second-order valence-corrected chi connectivity index (χ2v) is 4.83. The fraction of sp³-hybridized carbons (Fsp3) is 0.857. The Morgan fingerprint density at radius 1 is 0.727 bits per heavy atom. The van der Waals surface area contributed by atoms with Crippen LogP contribution in [0.15, 0.2) is 0 Å². The highest BCUT2D eigenvalue weighted by atomic mass is 16.6. The summed E-state index contributed by atoms with van der Waals surface area (Å²) < 4.78 is 9.39. The van der Waals surface area contributed by atoms with Crippen LogP contribution in [-0.4, -0.2) is 58.2 Å². The predicted octanol–water partition coefficient (Wildman–Crippen LogP) is -0.185. The lowest BCUT2D eigenvalue weighted by Crippen LogP contribution is -2.19. The molecule has 0 bridgehead atoms. The summed E-state index contributed by atoms with van der Waals surface area (Å²) in [6, 6.07) is 0. The Labute approximate surface area is 129 Å². The standard InChI is InChI=1S/C14H26O8/c15-9-3-7-13(19)21-11(17)5-1-2-6-12(18)22-14(20)8-4-10-16/h13-16,19-20H,1-10H2. The molecule has 0 amide bonds. The van der Waals surface area contributed by atoms with Crippen LogP contribution in [0.25, 0.3) is 0 Å². The lowest BCUT2D eigenvalue weighted by atomic mass is 10.2. The maximum Gasteiger partial charge on any atom is 0.308 e. The molecule has 0 fully saturated rings. The van der Waals surface area contributed by atoms with E-state index in [2.05, 4.69) is 0 Å². The number of rotatable bonds is 13. The Morgan fingerprint density at radius 2 is 1.09 bits per heavy atom. The van der Waals surface area contributed by atoms with Crippen molar-refractivity contribution in [2.24, 2.45) is 0 Å². The summed E-state index contributed by atoms with van der Waals surface area (Å²) in [5, 5.41) is 35.7. The Balaban J connectivity index is 3.62. The fourth-order valence-electron chi connectivity index (χ4n) is 1.61. The molecule has 130 valence electrons. The summed E-state index contributed by atoms with van der Waals surface area (Å²) in [5.41, 5.74) is 0. The topological polar surface area (TPSA) is 134 Å². The van der Waals surface area contributed by atoms with Gasteiger partial charge in [0.05, 0.1) is 0 Å². The Bertz CT molecular complexity index is 277. The minimum absolute atomic E-state index is 0.0660. The quantitative estimate of drug-likeness (QED) is 0.208. The first-order valence-corrected chi connectivity index (χ1v) is 7.46. The van der Waals surface area contributed by atoms with Crippen molar-refractivity contribution in [3.8, 4) is 0 Å². The van der Waals surface area contributed by atoms with Crippen molar-refractivity contribution >= 4 is 11.9 Å². The second-order valence-electron chi connectivity index (χ2n) is 4.83. The van der Waals surface area contributed by atoms with Crippen LogP contribution in [-0.2, 0) is 19.1 Å². The molecule has 0 radical (unpaired) electrons. The molecule has 0 aliphatic rings. The molecule has 22 heavy (non-hydrogen) atoms. The van der Waals surface area contributed by atoms with Crippen molar-refractivity contribution in [1.82, 2.24) is 0 Å². The van der Waals surface area contributed by atoms with Crippen LogP contribution < -0.4 is 0 Å². The van der Waals surface area contributed by atoms with Gasteiger partial charge in [-0.15, -0.1) is 0 Å². The van der Waals surface area contributed by atoms with Gasteiger partial charge in [0.1, 0.15) is 0 Å². The Kier molecular flexibility index (Phi) is 12.7. The molecular formula is C14H26O8. The van der Waals surface area contributed by atoms with Gasteiger partial charge >= 0.3 is 11.9 Å². The van der Waals surface area contributed by atoms with Crippen LogP contribution in [0.2, 0.25) is 0 Å². The van der Waals surface area contributed by atoms with E-state index in [1.165, 1.54) is 0 Å². The van der Waals surface area contributed by atoms with E-state index in [9.17, 15) is 19.8 Å². The smallest absolute Gasteiger partial charge is 0.308 e. The van der Waals surface area contributed by atoms with Crippen molar-refractivity contribution in [2.45, 2.75) is 63.9 Å². The SMILES string of the molecule is O=C(CCCCC(=O)OC(O)CCCO)OC(O)CCCO. The zero-order valence-electron chi connectivity index (χ0n) is 12.6. The van der Waals surface area contributed by atoms with Gasteiger partial charge in [0.15, 0.2) is 0 Å². The lowest BCUT2D eigenvalue weighted by Gasteiger charge is -2.12. The Hall–Kier alpha value is -1.22. The molecule has 0 aliphatic heterocycles. The maximum atomic E-state index is 11.3. The summed E-state index contributed by atoms with van der Waals surface area (Å²) in [7, 11) is 0. The third-order valence-corrected chi connectivity index (χ3v) is 2.77. The number of unbranched alkanes of at least 4 members (excludes halogenated alkanes) is 1. The molecule has 0 aromatic carbocycles. The molecule has 2 unspecified atom stereocenters. The molecule has 0 spiro atoms. The summed E-state index contributed by atoms with van der Waals surface area (Å²) in [6.45, 7) is -0.165. The van der Waals surface area contributed by atoms with Gasteiger partial charge in [-0.05, 0) is 25.7 Å². The molecule has 0 saturated heterocycles. The minimum Gasteiger partial charge on any atom is -0.436 e. The number of carbonyl (C=O) groups excluding carboxylic acids is 2. The van der Waals surface area contributed by atoms with Crippen molar-refractivity contribution in [2.75, 3.05) is 13.2 Å². The first kappa shape index (κ1) is 20.8. The van der Waals surface area contributed by atoms with Crippen LogP contribution in [0.5, 0.6) is 0 Å². The van der Waals surface area contributed by atoms with Gasteiger partial charge < -0.3 is 29.9 Å². The lowest BCUT2D eigenvalue weighted by molar-refractivity contribution is -0.171. The highest BCUT2D eigenvalue weighted by Gasteiger charge is 2.13. The predicted molar refractivity (Wildman–Crippen MR) is 75.3 cm³/mol. The van der Waals surface area contributed by atoms with E-state index in [1.807, 2.05) is 0 Å². The molecule has 8 nitrogen and oxygen atoms in total. The first-order valence-electron chi connectivity index (χ1n) is 7.46. The van der Waals surface area contributed by atoms with Crippen LogP contribution in [0.1, 0.15) is 51.4 Å². The molecule has 0 heterocycles. The third-order valence-electron chi connectivity index (χ3n) is 2.77. The molecule has 0 aromatic rings. The van der Waals surface area contributed by atoms with Crippen LogP contribution in [0.4, 0.5) is 0 Å². The molecule has 0 aromatic heterocycles. The second kappa shape index (κ2) is 13.4. The van der Waals surface area contributed by atoms with E-state index in [0.717, 1.165) is 0 Å². The third kappa shape index (κ3) is 12.5. The number of hydrogen-bond acceptors (Lipinski definition) is 8. The van der Waals surface area contributed by atoms with Crippen LogP contribution in [0, 0.1) is 0 Å². The normalized spacial score (nSPS) is 13.5. The number of carbonyl (C=O) groups is 2. The maximum absolute atomic E-state index is 11.3. The van der Waals surface area contributed by atoms with Gasteiger partial charge in [-0.2, -0.15) is 0 Å². The number of aliphatic hydroxyl groups excluding tert-OH is 4. The van der Waals surface area contributed by atoms with Crippen LogP contribution >= 0.6 is 0 Å². The highest BCUT2D eigenvalue weighted by molar-refractivity contribution is 5.70. The molecule has 0 saturated carbocycles. The number of aliphatic hydroxyl groups is 4. The molecule has 0 aliphatic carbocycles. The average Bonchev–Trinajstić information content (AvgIpc) is 2.47. The van der Waals surface area contributed by atoms with Crippen molar-refractivity contribution in [3.05, 3.63) is 0 Å². The van der Waals surface area contributed by atoms with Crippen molar-refractivity contribution < 1.29 is 39.5 Å². The minimum atomic E-state index is -1.22. The van der Waals surface area contributed by atoms with Gasteiger partial charge in [0.25, 0.3) is 0 Å². The van der Waals surface area contributed by atoms with Gasteiger partial charge in [-0.25, -0.2) is 0 Å². The van der Waals surface area contributed by atoms with E-state index < -0.39 is 24.5 Å². The highest BCUT2D eigenvalue weighted by Crippen LogP contribution is 2.07. The molecule has 8 heteroatoms. The van der Waals surface area contributed by atoms with Gasteiger partial charge in [-0.1, -0.05) is 0 Å². The number of ether oxygens (including phenoxy) is 2. The molecule has 4 N–H and O–H groups in total. The van der Waals surface area contributed by atoms with E-state index in [4.69, 9.17) is 19.7 Å². The van der Waals surface area contributed by atoms with Crippen LogP contribution in [0.3, 0.4) is 0 Å². The average molecular weight is 322 g/mol. The summed E-state index contributed by atoms with van der Waals surface area (Å²) in [4.78, 5) is 22.7. The fourth-order valence-corrected chi connectivity index (χ4v) is 1.61. The molecule has 0 rings (SSSR count). The van der Waals surface area contributed by atoms with E-state index >= 15 is 0 Å². The molecular weight excluding hydrogens is 296 g/mol. The van der Waals surface area contributed by atoms with Gasteiger partial charge in [0, 0.05) is 38.9 Å². The van der Waals surface area contributed by atoms with E-state index in [0.29, 0.717) is 25.7 Å². The van der Waals surface area contributed by atoms with Crippen molar-refractivity contribution in [1.29, 1.82) is 0 Å². The number of hydrogen-bond donors (Lipinski definition) is 4. The van der Waals surface area contributed by atoms with Crippen molar-refractivity contribution in [3.63, 3.8) is 0 Å². The summed E-state index contributed by atoms with van der Waals surface area (Å²) >= 11 is 0. The largest absolute Gasteiger partial charge is 0.436 e. The Morgan fingerprint density at radius 3 is 1.41 bits per heavy atom.